The van der Waals surface area contributed by atoms with Gasteiger partial charge in [-0.15, -0.1) is 0 Å². The van der Waals surface area contributed by atoms with Crippen molar-refractivity contribution in [3.8, 4) is 5.75 Å². The van der Waals surface area contributed by atoms with Gasteiger partial charge in [0.1, 0.15) is 5.75 Å². The topological polar surface area (TPSA) is 56.1 Å². The first kappa shape index (κ1) is 17.2. The van der Waals surface area contributed by atoms with Crippen molar-refractivity contribution in [3.05, 3.63) is 48.5 Å². The summed E-state index contributed by atoms with van der Waals surface area (Å²) in [6, 6.07) is 13.5. The van der Waals surface area contributed by atoms with Crippen molar-refractivity contribution in [2.75, 3.05) is 18.2 Å². The van der Waals surface area contributed by atoms with E-state index in [0.717, 1.165) is 16.3 Å². The number of hydrogen-bond donors (Lipinski definition) is 1. The molecule has 0 aliphatic carbocycles. The fourth-order valence-corrected chi connectivity index (χ4v) is 3.13. The van der Waals surface area contributed by atoms with E-state index >= 15 is 0 Å². The maximum absolute atomic E-state index is 13.3. The highest BCUT2D eigenvalue weighted by atomic mass is 32.2. The van der Waals surface area contributed by atoms with Gasteiger partial charge >= 0.3 is 6.55 Å². The molecule has 3 aromatic rings. The molecule has 0 atom stereocenters. The lowest BCUT2D eigenvalue weighted by Gasteiger charge is -2.08. The first-order valence-corrected chi connectivity index (χ1v) is 8.39. The Morgan fingerprint density at radius 1 is 1.24 bits per heavy atom. The number of alkyl halides is 2. The van der Waals surface area contributed by atoms with E-state index in [-0.39, 0.29) is 16.8 Å². The molecule has 1 aromatic heterocycles. The van der Waals surface area contributed by atoms with Crippen LogP contribution in [-0.2, 0) is 4.79 Å². The molecule has 0 saturated carbocycles. The van der Waals surface area contributed by atoms with Crippen LogP contribution in [-0.4, -0.2) is 28.3 Å². The number of thioether (sulfide) groups is 1. The third kappa shape index (κ3) is 3.90. The molecule has 0 radical (unpaired) electrons. The number of amides is 1. The predicted molar refractivity (Wildman–Crippen MR) is 93.3 cm³/mol. The molecule has 0 unspecified atom stereocenters. The summed E-state index contributed by atoms with van der Waals surface area (Å²) in [7, 11) is 1.55. The fourth-order valence-electron chi connectivity index (χ4n) is 2.31. The van der Waals surface area contributed by atoms with Crippen molar-refractivity contribution < 1.29 is 18.3 Å². The summed E-state index contributed by atoms with van der Waals surface area (Å²) >= 11 is 0.971. The summed E-state index contributed by atoms with van der Waals surface area (Å²) in [5, 5.41) is 2.82. The number of nitrogens with one attached hydrogen (secondary N) is 1. The number of ether oxygens (including phenoxy) is 1. The normalized spacial score (nSPS) is 11.0. The monoisotopic (exact) mass is 363 g/mol. The number of fused-ring (bicyclic) bond motifs is 1. The number of rotatable bonds is 6. The van der Waals surface area contributed by atoms with Crippen molar-refractivity contribution >= 4 is 34.4 Å². The molecule has 1 N–H and O–H groups in total. The van der Waals surface area contributed by atoms with Crippen LogP contribution in [0.15, 0.2) is 53.7 Å². The van der Waals surface area contributed by atoms with E-state index in [4.69, 9.17) is 4.74 Å². The number of hydrogen-bond acceptors (Lipinski definition) is 4. The van der Waals surface area contributed by atoms with Gasteiger partial charge in [-0.3, -0.25) is 9.36 Å². The van der Waals surface area contributed by atoms with Crippen LogP contribution < -0.4 is 10.1 Å². The van der Waals surface area contributed by atoms with E-state index in [1.54, 1.807) is 55.6 Å². The highest BCUT2D eigenvalue weighted by molar-refractivity contribution is 7.99. The Morgan fingerprint density at radius 3 is 2.64 bits per heavy atom. The molecule has 5 nitrogen and oxygen atoms in total. The summed E-state index contributed by atoms with van der Waals surface area (Å²) < 4.78 is 32.5. The van der Waals surface area contributed by atoms with E-state index in [9.17, 15) is 13.6 Å². The van der Waals surface area contributed by atoms with Crippen molar-refractivity contribution in [2.24, 2.45) is 0 Å². The van der Waals surface area contributed by atoms with Crippen LogP contribution in [0.4, 0.5) is 14.5 Å². The molecule has 0 aliphatic heterocycles. The summed E-state index contributed by atoms with van der Waals surface area (Å²) in [5.41, 5.74) is 1.42. The van der Waals surface area contributed by atoms with E-state index in [1.807, 2.05) is 0 Å². The second-order valence-corrected chi connectivity index (χ2v) is 6.04. The maximum Gasteiger partial charge on any atom is 0.321 e. The van der Waals surface area contributed by atoms with Gasteiger partial charge in [-0.2, -0.15) is 8.78 Å². The van der Waals surface area contributed by atoms with Crippen LogP contribution in [0.3, 0.4) is 0 Å². The first-order valence-electron chi connectivity index (χ1n) is 7.40. The Hall–Kier alpha value is -2.61. The summed E-state index contributed by atoms with van der Waals surface area (Å²) in [4.78, 5) is 16.2. The lowest BCUT2D eigenvalue weighted by Crippen LogP contribution is -2.14. The zero-order valence-electron chi connectivity index (χ0n) is 13.3. The second-order valence-electron chi connectivity index (χ2n) is 5.10. The molecule has 130 valence electrons. The Balaban J connectivity index is 1.69. The Bertz CT molecular complexity index is 881. The third-order valence-electron chi connectivity index (χ3n) is 3.46. The molecule has 8 heteroatoms. The van der Waals surface area contributed by atoms with Crippen LogP contribution in [0.1, 0.15) is 6.55 Å². The second kappa shape index (κ2) is 7.52. The van der Waals surface area contributed by atoms with Crippen LogP contribution in [0.2, 0.25) is 0 Å². The number of benzene rings is 2. The smallest absolute Gasteiger partial charge is 0.321 e. The minimum atomic E-state index is -2.72. The molecule has 0 fully saturated rings. The lowest BCUT2D eigenvalue weighted by atomic mass is 10.3. The largest absolute Gasteiger partial charge is 0.497 e. The number of imidazole rings is 1. The van der Waals surface area contributed by atoms with E-state index in [0.29, 0.717) is 22.5 Å². The minimum absolute atomic E-state index is 0.0257. The van der Waals surface area contributed by atoms with Gasteiger partial charge in [0.25, 0.3) is 0 Å². The van der Waals surface area contributed by atoms with Gasteiger partial charge in [0.15, 0.2) is 5.16 Å². The van der Waals surface area contributed by atoms with Gasteiger partial charge in [0.2, 0.25) is 5.91 Å². The molecule has 1 heterocycles. The first-order chi connectivity index (χ1) is 12.1. The summed E-state index contributed by atoms with van der Waals surface area (Å²) in [5.74, 6) is 0.350. The quantitative estimate of drug-likeness (QED) is 0.668. The van der Waals surface area contributed by atoms with Crippen molar-refractivity contribution in [3.63, 3.8) is 0 Å². The Kier molecular flexibility index (Phi) is 5.18. The molecule has 25 heavy (non-hydrogen) atoms. The van der Waals surface area contributed by atoms with Gasteiger partial charge < -0.3 is 10.1 Å². The van der Waals surface area contributed by atoms with Gasteiger partial charge in [0, 0.05) is 5.69 Å². The number of anilines is 1. The summed E-state index contributed by atoms with van der Waals surface area (Å²) in [6.45, 7) is -2.72. The fraction of sp³-hybridized carbons (Fsp3) is 0.176. The van der Waals surface area contributed by atoms with Crippen molar-refractivity contribution in [1.82, 2.24) is 9.55 Å². The molecule has 1 amide bonds. The van der Waals surface area contributed by atoms with Gasteiger partial charge in [-0.1, -0.05) is 23.9 Å². The highest BCUT2D eigenvalue weighted by Crippen LogP contribution is 2.29. The molecule has 3 rings (SSSR count). The number of nitrogens with zero attached hydrogens (tertiary/aromatic N) is 2. The maximum atomic E-state index is 13.3. The van der Waals surface area contributed by atoms with Crippen molar-refractivity contribution in [1.29, 1.82) is 0 Å². The van der Waals surface area contributed by atoms with Crippen molar-refractivity contribution in [2.45, 2.75) is 11.7 Å². The van der Waals surface area contributed by atoms with E-state index in [2.05, 4.69) is 10.3 Å². The number of methoxy groups -OCH3 is 1. The minimum Gasteiger partial charge on any atom is -0.497 e. The van der Waals surface area contributed by atoms with Gasteiger partial charge in [0.05, 0.1) is 23.9 Å². The SMILES string of the molecule is COc1ccc(NC(=O)CSc2nc3ccccc3n2C(F)F)cc1. The van der Waals surface area contributed by atoms with E-state index < -0.39 is 6.55 Å². The predicted octanol–water partition coefficient (Wildman–Crippen LogP) is 4.17. The van der Waals surface area contributed by atoms with Gasteiger partial charge in [-0.05, 0) is 36.4 Å². The number of carbonyl (C=O) groups is 1. The molecule has 0 aliphatic rings. The molecule has 0 bridgehead atoms. The number of para-hydroxylation sites is 2. The Morgan fingerprint density at radius 2 is 1.96 bits per heavy atom. The Labute approximate surface area is 147 Å². The van der Waals surface area contributed by atoms with Crippen LogP contribution >= 0.6 is 11.8 Å². The number of aromatic nitrogens is 2. The van der Waals surface area contributed by atoms with E-state index in [1.165, 1.54) is 0 Å². The average molecular weight is 363 g/mol. The highest BCUT2D eigenvalue weighted by Gasteiger charge is 2.18. The lowest BCUT2D eigenvalue weighted by molar-refractivity contribution is -0.113. The van der Waals surface area contributed by atoms with Crippen LogP contribution in [0.25, 0.3) is 11.0 Å². The molecular formula is C17H15F2N3O2S. The third-order valence-corrected chi connectivity index (χ3v) is 4.42. The average Bonchev–Trinajstić information content (AvgIpc) is 2.99. The molecule has 0 saturated heterocycles. The zero-order chi connectivity index (χ0) is 17.8. The van der Waals surface area contributed by atoms with Gasteiger partial charge in [-0.25, -0.2) is 4.98 Å². The van der Waals surface area contributed by atoms with Crippen LogP contribution in [0, 0.1) is 0 Å². The molecule has 2 aromatic carbocycles. The summed E-state index contributed by atoms with van der Waals surface area (Å²) in [6.07, 6.45) is 0. The molecular weight excluding hydrogens is 348 g/mol. The zero-order valence-corrected chi connectivity index (χ0v) is 14.1. The molecule has 0 spiro atoms. The standard InChI is InChI=1S/C17H15F2N3O2S/c1-24-12-8-6-11(7-9-12)20-15(23)10-25-17-21-13-4-2-3-5-14(13)22(17)16(18)19/h2-9,16H,10H2,1H3,(H,20,23). The van der Waals surface area contributed by atoms with Crippen LogP contribution in [0.5, 0.6) is 5.75 Å². The number of halogens is 2. The number of carbonyl (C=O) groups excluding carboxylic acids is 1.